The van der Waals surface area contributed by atoms with E-state index < -0.39 is 10.0 Å². The summed E-state index contributed by atoms with van der Waals surface area (Å²) in [6.07, 6.45) is 1.58. The fourth-order valence-electron chi connectivity index (χ4n) is 2.45. The second kappa shape index (κ2) is 5.04. The van der Waals surface area contributed by atoms with Crippen LogP contribution in [0.15, 0.2) is 34.5 Å². The molecule has 1 atom stereocenters. The summed E-state index contributed by atoms with van der Waals surface area (Å²) in [7, 11) is -3.52. The maximum Gasteiger partial charge on any atom is 0.250 e. The molecule has 7 heteroatoms. The van der Waals surface area contributed by atoms with Gasteiger partial charge in [-0.3, -0.25) is 0 Å². The van der Waals surface area contributed by atoms with Gasteiger partial charge in [0.05, 0.1) is 4.34 Å². The van der Waals surface area contributed by atoms with Gasteiger partial charge in [0.15, 0.2) is 0 Å². The van der Waals surface area contributed by atoms with E-state index in [-0.39, 0.29) is 10.3 Å². The van der Waals surface area contributed by atoms with Gasteiger partial charge in [0.25, 0.3) is 10.0 Å². The molecule has 0 aliphatic heterocycles. The van der Waals surface area contributed by atoms with Crippen molar-refractivity contribution in [3.63, 3.8) is 0 Å². The number of benzene rings is 1. The fourth-order valence-corrected chi connectivity index (χ4v) is 5.20. The molecule has 0 saturated carbocycles. The Morgan fingerprint density at radius 1 is 1.30 bits per heavy atom. The summed E-state index contributed by atoms with van der Waals surface area (Å²) in [5.41, 5.74) is 8.57. The van der Waals surface area contributed by atoms with Crippen molar-refractivity contribution < 1.29 is 8.42 Å². The number of nitrogen functional groups attached to an aromatic ring is 1. The number of anilines is 1. The van der Waals surface area contributed by atoms with Crippen molar-refractivity contribution in [1.29, 1.82) is 0 Å². The van der Waals surface area contributed by atoms with Gasteiger partial charge in [-0.2, -0.15) is 0 Å². The molecule has 0 bridgehead atoms. The van der Waals surface area contributed by atoms with Gasteiger partial charge in [0, 0.05) is 11.7 Å². The summed E-state index contributed by atoms with van der Waals surface area (Å²) in [6.45, 7) is 0. The molecule has 0 amide bonds. The van der Waals surface area contributed by atoms with Crippen molar-refractivity contribution in [3.8, 4) is 0 Å². The highest BCUT2D eigenvalue weighted by Gasteiger charge is 2.28. The first-order chi connectivity index (χ1) is 9.45. The minimum absolute atomic E-state index is 0.198. The Kier molecular flexibility index (Phi) is 3.50. The Bertz CT molecular complexity index is 755. The lowest BCUT2D eigenvalue weighted by Crippen LogP contribution is -2.26. The molecule has 2 aromatic rings. The maximum atomic E-state index is 12.3. The van der Waals surface area contributed by atoms with Crippen LogP contribution in [0.1, 0.15) is 23.6 Å². The molecule has 1 aliphatic rings. The largest absolute Gasteiger partial charge is 0.399 e. The fraction of sp³-hybridized carbons (Fsp3) is 0.231. The summed E-state index contributed by atoms with van der Waals surface area (Å²) in [4.78, 5) is 0. The van der Waals surface area contributed by atoms with Gasteiger partial charge in [-0.25, -0.2) is 13.1 Å². The SMILES string of the molecule is Nc1ccc2c(c1)CCC2NS(=O)(=O)c1ccc(Cl)s1. The Morgan fingerprint density at radius 2 is 2.10 bits per heavy atom. The van der Waals surface area contributed by atoms with Crippen molar-refractivity contribution >= 4 is 38.6 Å². The second-order valence-corrected chi connectivity index (χ2v) is 8.39. The molecule has 1 heterocycles. The van der Waals surface area contributed by atoms with Crippen molar-refractivity contribution in [2.24, 2.45) is 0 Å². The Hall–Kier alpha value is -1.08. The van der Waals surface area contributed by atoms with Crippen LogP contribution in [0.2, 0.25) is 4.34 Å². The minimum atomic E-state index is -3.52. The molecule has 0 fully saturated rings. The number of hydrogen-bond donors (Lipinski definition) is 2. The molecule has 3 N–H and O–H groups in total. The maximum absolute atomic E-state index is 12.3. The van der Waals surface area contributed by atoms with Crippen molar-refractivity contribution in [3.05, 3.63) is 45.8 Å². The molecule has 3 rings (SSSR count). The highest BCUT2D eigenvalue weighted by atomic mass is 35.5. The zero-order valence-corrected chi connectivity index (χ0v) is 12.9. The number of hydrogen-bond acceptors (Lipinski definition) is 4. The van der Waals surface area contributed by atoms with Crippen LogP contribution in [0.3, 0.4) is 0 Å². The first-order valence-electron chi connectivity index (χ1n) is 6.12. The molecule has 1 unspecified atom stereocenters. The molecular formula is C13H13ClN2O2S2. The molecule has 106 valence electrons. The summed E-state index contributed by atoms with van der Waals surface area (Å²) in [6, 6.07) is 8.51. The lowest BCUT2D eigenvalue weighted by Gasteiger charge is -2.13. The molecule has 1 aromatic heterocycles. The minimum Gasteiger partial charge on any atom is -0.399 e. The van der Waals surface area contributed by atoms with Crippen molar-refractivity contribution in [1.82, 2.24) is 4.72 Å². The summed E-state index contributed by atoms with van der Waals surface area (Å²) < 4.78 is 28.0. The summed E-state index contributed by atoms with van der Waals surface area (Å²) >= 11 is 6.85. The van der Waals surface area contributed by atoms with Gasteiger partial charge >= 0.3 is 0 Å². The second-order valence-electron chi connectivity index (χ2n) is 4.73. The van der Waals surface area contributed by atoms with E-state index in [0.717, 1.165) is 35.3 Å². The quantitative estimate of drug-likeness (QED) is 0.851. The highest BCUT2D eigenvalue weighted by Crippen LogP contribution is 2.34. The zero-order chi connectivity index (χ0) is 14.3. The molecule has 0 spiro atoms. The highest BCUT2D eigenvalue weighted by molar-refractivity contribution is 7.91. The first-order valence-corrected chi connectivity index (χ1v) is 8.79. The lowest BCUT2D eigenvalue weighted by molar-refractivity contribution is 0.556. The molecule has 0 saturated heterocycles. The molecule has 1 aliphatic carbocycles. The van der Waals surface area contributed by atoms with Crippen LogP contribution in [-0.4, -0.2) is 8.42 Å². The van der Waals surface area contributed by atoms with Crippen LogP contribution in [0.25, 0.3) is 0 Å². The number of nitrogens with one attached hydrogen (secondary N) is 1. The van der Waals surface area contributed by atoms with E-state index in [0.29, 0.717) is 10.0 Å². The molecule has 1 aromatic carbocycles. The van der Waals surface area contributed by atoms with Crippen LogP contribution in [0.5, 0.6) is 0 Å². The van der Waals surface area contributed by atoms with Gasteiger partial charge < -0.3 is 5.73 Å². The van der Waals surface area contributed by atoms with E-state index in [1.54, 1.807) is 12.1 Å². The number of fused-ring (bicyclic) bond motifs is 1. The topological polar surface area (TPSA) is 72.2 Å². The average molecular weight is 329 g/mol. The van der Waals surface area contributed by atoms with Crippen molar-refractivity contribution in [2.75, 3.05) is 5.73 Å². The van der Waals surface area contributed by atoms with Gasteiger partial charge in [-0.15, -0.1) is 11.3 Å². The normalized spacial score (nSPS) is 18.1. The van der Waals surface area contributed by atoms with E-state index in [2.05, 4.69) is 4.72 Å². The Balaban J connectivity index is 1.87. The van der Waals surface area contributed by atoms with E-state index in [9.17, 15) is 8.42 Å². The monoisotopic (exact) mass is 328 g/mol. The molecule has 20 heavy (non-hydrogen) atoms. The molecule has 4 nitrogen and oxygen atoms in total. The average Bonchev–Trinajstić information content (AvgIpc) is 2.96. The smallest absolute Gasteiger partial charge is 0.250 e. The summed E-state index contributed by atoms with van der Waals surface area (Å²) in [5, 5.41) is 0. The Labute approximate surface area is 126 Å². The van der Waals surface area contributed by atoms with E-state index in [1.165, 1.54) is 6.07 Å². The van der Waals surface area contributed by atoms with Crippen LogP contribution < -0.4 is 10.5 Å². The van der Waals surface area contributed by atoms with Crippen LogP contribution in [-0.2, 0) is 16.4 Å². The van der Waals surface area contributed by atoms with Crippen LogP contribution in [0.4, 0.5) is 5.69 Å². The lowest BCUT2D eigenvalue weighted by atomic mass is 10.1. The molecular weight excluding hydrogens is 316 g/mol. The van der Waals surface area contributed by atoms with Gasteiger partial charge in [-0.05, 0) is 48.2 Å². The van der Waals surface area contributed by atoms with E-state index in [1.807, 2.05) is 12.1 Å². The van der Waals surface area contributed by atoms with Crippen LogP contribution in [0, 0.1) is 0 Å². The predicted octanol–water partition coefficient (Wildman–Crippen LogP) is 2.95. The predicted molar refractivity (Wildman–Crippen MR) is 81.6 cm³/mol. The number of thiophene rings is 1. The number of halogens is 1. The molecule has 0 radical (unpaired) electrons. The first kappa shape index (κ1) is 13.9. The van der Waals surface area contributed by atoms with Gasteiger partial charge in [0.2, 0.25) is 0 Å². The third kappa shape index (κ3) is 2.56. The number of rotatable bonds is 3. The Morgan fingerprint density at radius 3 is 2.80 bits per heavy atom. The third-order valence-electron chi connectivity index (χ3n) is 3.36. The van der Waals surface area contributed by atoms with Crippen LogP contribution >= 0.6 is 22.9 Å². The van der Waals surface area contributed by atoms with E-state index in [4.69, 9.17) is 17.3 Å². The van der Waals surface area contributed by atoms with Gasteiger partial charge in [0.1, 0.15) is 4.21 Å². The number of nitrogens with two attached hydrogens (primary N) is 1. The number of aryl methyl sites for hydroxylation is 1. The summed E-state index contributed by atoms with van der Waals surface area (Å²) in [5.74, 6) is 0. The van der Waals surface area contributed by atoms with E-state index >= 15 is 0 Å². The number of sulfonamides is 1. The van der Waals surface area contributed by atoms with Gasteiger partial charge in [-0.1, -0.05) is 17.7 Å². The van der Waals surface area contributed by atoms with Crippen molar-refractivity contribution in [2.45, 2.75) is 23.1 Å². The third-order valence-corrected chi connectivity index (χ3v) is 6.55. The zero-order valence-electron chi connectivity index (χ0n) is 10.5. The standard InChI is InChI=1S/C13H13ClN2O2S2/c14-12-5-6-13(19-12)20(17,18)16-11-4-1-8-7-9(15)2-3-10(8)11/h2-3,5-7,11,16H,1,4,15H2.